The van der Waals surface area contributed by atoms with Gasteiger partial charge in [-0.1, -0.05) is 0 Å². The average molecular weight is 225 g/mol. The maximum Gasteiger partial charge on any atom is 0.332 e. The molecule has 1 aromatic carbocycles. The topological polar surface area (TPSA) is 76.7 Å². The van der Waals surface area contributed by atoms with E-state index in [1.165, 1.54) is 12.1 Å². The molecule has 1 aromatic rings. The maximum atomic E-state index is 13.4. The molecule has 0 fully saturated rings. The molecule has 86 valence electrons. The number of carbonyl (C=O) groups is 1. The average Bonchev–Trinajstić information content (AvgIpc) is 2.21. The first-order valence-electron chi connectivity index (χ1n) is 4.64. The quantitative estimate of drug-likeness (QED) is 0.597. The highest BCUT2D eigenvalue weighted by atomic mass is 19.1. The molecule has 0 aliphatic carbocycles. The van der Waals surface area contributed by atoms with Crippen LogP contribution in [0.4, 0.5) is 9.18 Å². The zero-order valence-electron chi connectivity index (χ0n) is 8.74. The highest BCUT2D eigenvalue weighted by Gasteiger charge is 2.01. The Bertz CT molecular complexity index is 407. The van der Waals surface area contributed by atoms with Gasteiger partial charge in [0.15, 0.2) is 0 Å². The molecule has 2 amide bonds. The van der Waals surface area contributed by atoms with Crippen LogP contribution >= 0.6 is 0 Å². The molecular weight excluding hydrogens is 213 g/mol. The molecule has 0 unspecified atom stereocenters. The molecule has 0 heterocycles. The number of primary amides is 1. The van der Waals surface area contributed by atoms with Gasteiger partial charge in [0, 0.05) is 11.6 Å². The lowest BCUT2D eigenvalue weighted by molar-refractivity contribution is 0.249. The second-order valence-electron chi connectivity index (χ2n) is 2.85. The van der Waals surface area contributed by atoms with Gasteiger partial charge in [0.05, 0.1) is 12.8 Å². The Kier molecular flexibility index (Phi) is 4.26. The van der Waals surface area contributed by atoms with Crippen molar-refractivity contribution in [3.8, 4) is 5.75 Å². The van der Waals surface area contributed by atoms with E-state index in [-0.39, 0.29) is 5.56 Å². The van der Waals surface area contributed by atoms with Gasteiger partial charge in [-0.25, -0.2) is 14.6 Å². The molecule has 0 atom stereocenters. The molecule has 0 aliphatic heterocycles. The smallest absolute Gasteiger partial charge is 0.332 e. The van der Waals surface area contributed by atoms with Crippen LogP contribution in [0.15, 0.2) is 23.3 Å². The molecule has 5 nitrogen and oxygen atoms in total. The maximum absolute atomic E-state index is 13.4. The minimum Gasteiger partial charge on any atom is -0.494 e. The van der Waals surface area contributed by atoms with E-state index in [4.69, 9.17) is 10.5 Å². The Balaban J connectivity index is 2.74. The van der Waals surface area contributed by atoms with Gasteiger partial charge in [-0.15, -0.1) is 0 Å². The summed E-state index contributed by atoms with van der Waals surface area (Å²) < 4.78 is 18.5. The summed E-state index contributed by atoms with van der Waals surface area (Å²) >= 11 is 0. The number of benzene rings is 1. The minimum absolute atomic E-state index is 0.234. The SMILES string of the molecule is CCOc1ccc(C=NNC(N)=O)c(F)c1. The van der Waals surface area contributed by atoms with Crippen molar-refractivity contribution in [2.75, 3.05) is 6.61 Å². The summed E-state index contributed by atoms with van der Waals surface area (Å²) in [6, 6.07) is 3.54. The van der Waals surface area contributed by atoms with Gasteiger partial charge in [-0.05, 0) is 19.1 Å². The van der Waals surface area contributed by atoms with Crippen LogP contribution in [0.1, 0.15) is 12.5 Å². The van der Waals surface area contributed by atoms with Crippen molar-refractivity contribution < 1.29 is 13.9 Å². The third-order valence-corrected chi connectivity index (χ3v) is 1.66. The van der Waals surface area contributed by atoms with Gasteiger partial charge in [0.2, 0.25) is 0 Å². The largest absolute Gasteiger partial charge is 0.494 e. The summed E-state index contributed by atoms with van der Waals surface area (Å²) in [5.41, 5.74) is 6.99. The van der Waals surface area contributed by atoms with Crippen LogP contribution in [0.3, 0.4) is 0 Å². The van der Waals surface area contributed by atoms with E-state index in [0.717, 1.165) is 6.21 Å². The molecular formula is C10H12FN3O2. The first kappa shape index (κ1) is 12.0. The molecule has 0 saturated carbocycles. The van der Waals surface area contributed by atoms with Gasteiger partial charge in [0.1, 0.15) is 11.6 Å². The molecule has 0 aromatic heterocycles. The second-order valence-corrected chi connectivity index (χ2v) is 2.85. The first-order chi connectivity index (χ1) is 7.63. The van der Waals surface area contributed by atoms with E-state index in [1.807, 2.05) is 12.3 Å². The number of nitrogens with zero attached hydrogens (tertiary/aromatic N) is 1. The standard InChI is InChI=1S/C10H12FN3O2/c1-2-16-8-4-3-7(9(11)5-8)6-13-14-10(12)15/h3-6H,2H2,1H3,(H3,12,14,15). The third-order valence-electron chi connectivity index (χ3n) is 1.66. The molecule has 6 heteroatoms. The predicted molar refractivity (Wildman–Crippen MR) is 57.9 cm³/mol. The Morgan fingerprint density at radius 2 is 2.44 bits per heavy atom. The minimum atomic E-state index is -0.803. The lowest BCUT2D eigenvalue weighted by Crippen LogP contribution is -2.24. The summed E-state index contributed by atoms with van der Waals surface area (Å²) in [4.78, 5) is 10.3. The molecule has 0 aliphatic rings. The van der Waals surface area contributed by atoms with E-state index in [2.05, 4.69) is 5.10 Å². The number of nitrogens with one attached hydrogen (secondary N) is 1. The number of urea groups is 1. The normalized spacial score (nSPS) is 10.4. The number of carbonyl (C=O) groups excluding carboxylic acids is 1. The highest BCUT2D eigenvalue weighted by Crippen LogP contribution is 2.15. The summed E-state index contributed by atoms with van der Waals surface area (Å²) in [5, 5.41) is 3.45. The van der Waals surface area contributed by atoms with Gasteiger partial charge in [-0.3, -0.25) is 0 Å². The van der Waals surface area contributed by atoms with Crippen molar-refractivity contribution >= 4 is 12.2 Å². The zero-order chi connectivity index (χ0) is 12.0. The Hall–Kier alpha value is -2.11. The van der Waals surface area contributed by atoms with Crippen LogP contribution in [-0.4, -0.2) is 18.9 Å². The van der Waals surface area contributed by atoms with Gasteiger partial charge >= 0.3 is 6.03 Å². The van der Waals surface area contributed by atoms with Crippen LogP contribution in [-0.2, 0) is 0 Å². The number of hydrogen-bond acceptors (Lipinski definition) is 3. The summed E-state index contributed by atoms with van der Waals surface area (Å²) in [7, 11) is 0. The van der Waals surface area contributed by atoms with Gasteiger partial charge < -0.3 is 10.5 Å². The summed E-state index contributed by atoms with van der Waals surface area (Å²) in [6.07, 6.45) is 1.16. The fraction of sp³-hybridized carbons (Fsp3) is 0.200. The predicted octanol–water partition coefficient (Wildman–Crippen LogP) is 1.23. The second kappa shape index (κ2) is 5.69. The van der Waals surface area contributed by atoms with Crippen LogP contribution in [0.2, 0.25) is 0 Å². The monoisotopic (exact) mass is 225 g/mol. The van der Waals surface area contributed by atoms with Crippen molar-refractivity contribution in [2.45, 2.75) is 6.92 Å². The van der Waals surface area contributed by atoms with Crippen LogP contribution in [0.5, 0.6) is 5.75 Å². The number of rotatable bonds is 4. The zero-order valence-corrected chi connectivity index (χ0v) is 8.74. The molecule has 3 N–H and O–H groups in total. The Labute approximate surface area is 92.1 Å². The lowest BCUT2D eigenvalue weighted by Gasteiger charge is -2.03. The molecule has 1 rings (SSSR count). The first-order valence-corrected chi connectivity index (χ1v) is 4.64. The summed E-state index contributed by atoms with van der Waals surface area (Å²) in [5.74, 6) is -0.0408. The van der Waals surface area contributed by atoms with Crippen molar-refractivity contribution in [1.29, 1.82) is 0 Å². The number of halogens is 1. The molecule has 0 radical (unpaired) electrons. The van der Waals surface area contributed by atoms with E-state index in [0.29, 0.717) is 12.4 Å². The van der Waals surface area contributed by atoms with Crippen molar-refractivity contribution in [2.24, 2.45) is 10.8 Å². The highest BCUT2D eigenvalue weighted by molar-refractivity contribution is 5.81. The Morgan fingerprint density at radius 3 is 3.00 bits per heavy atom. The number of amides is 2. The fourth-order valence-electron chi connectivity index (χ4n) is 1.03. The van der Waals surface area contributed by atoms with Crippen molar-refractivity contribution in [1.82, 2.24) is 5.43 Å². The van der Waals surface area contributed by atoms with Crippen LogP contribution in [0, 0.1) is 5.82 Å². The van der Waals surface area contributed by atoms with E-state index in [9.17, 15) is 9.18 Å². The number of hydrazone groups is 1. The number of ether oxygens (including phenoxy) is 1. The van der Waals surface area contributed by atoms with Gasteiger partial charge in [-0.2, -0.15) is 5.10 Å². The van der Waals surface area contributed by atoms with E-state index in [1.54, 1.807) is 6.07 Å². The molecule has 0 spiro atoms. The van der Waals surface area contributed by atoms with E-state index >= 15 is 0 Å². The lowest BCUT2D eigenvalue weighted by atomic mass is 10.2. The van der Waals surface area contributed by atoms with Crippen molar-refractivity contribution in [3.63, 3.8) is 0 Å². The van der Waals surface area contributed by atoms with Gasteiger partial charge in [0.25, 0.3) is 0 Å². The molecule has 0 saturated heterocycles. The summed E-state index contributed by atoms with van der Waals surface area (Å²) in [6.45, 7) is 2.28. The fourth-order valence-corrected chi connectivity index (χ4v) is 1.03. The third kappa shape index (κ3) is 3.56. The molecule has 16 heavy (non-hydrogen) atoms. The number of nitrogens with two attached hydrogens (primary N) is 1. The van der Waals surface area contributed by atoms with Crippen LogP contribution in [0.25, 0.3) is 0 Å². The number of hydrogen-bond donors (Lipinski definition) is 2. The van der Waals surface area contributed by atoms with E-state index < -0.39 is 11.8 Å². The molecule has 0 bridgehead atoms. The van der Waals surface area contributed by atoms with Crippen molar-refractivity contribution in [3.05, 3.63) is 29.6 Å². The Morgan fingerprint density at radius 1 is 1.69 bits per heavy atom. The van der Waals surface area contributed by atoms with Crippen LogP contribution < -0.4 is 15.9 Å².